The van der Waals surface area contributed by atoms with E-state index in [1.165, 1.54) is 11.1 Å². The third-order valence-corrected chi connectivity index (χ3v) is 7.90. The summed E-state index contributed by atoms with van der Waals surface area (Å²) in [5.41, 5.74) is 5.31. The van der Waals surface area contributed by atoms with E-state index in [1.807, 2.05) is 24.3 Å². The number of alkyl carbamates (subject to hydrolysis) is 1. The van der Waals surface area contributed by atoms with Gasteiger partial charge in [-0.1, -0.05) is 48.5 Å². The van der Waals surface area contributed by atoms with Gasteiger partial charge in [-0.25, -0.2) is 17.9 Å². The third-order valence-electron chi connectivity index (χ3n) is 5.35. The molecule has 1 amide bonds. The molecule has 2 unspecified atom stereocenters. The SMILES string of the molecule is CC(C)S(=O)(=O)NC1COC(=O)NC1c1ccc(-c2ccc(-c3ccsc3)cc2)cc1. The van der Waals surface area contributed by atoms with Crippen LogP contribution in [0.3, 0.4) is 0 Å². The highest BCUT2D eigenvalue weighted by Gasteiger charge is 2.34. The summed E-state index contributed by atoms with van der Waals surface area (Å²) in [5, 5.41) is 6.34. The normalized spacial score (nSPS) is 19.1. The number of hydrogen-bond donors (Lipinski definition) is 2. The first-order chi connectivity index (χ1) is 14.8. The second kappa shape index (κ2) is 8.82. The first-order valence-electron chi connectivity index (χ1n) is 10.0. The van der Waals surface area contributed by atoms with E-state index in [9.17, 15) is 13.2 Å². The lowest BCUT2D eigenvalue weighted by Gasteiger charge is -2.33. The van der Waals surface area contributed by atoms with Gasteiger partial charge in [0.25, 0.3) is 0 Å². The number of thiophene rings is 1. The highest BCUT2D eigenvalue weighted by atomic mass is 32.2. The van der Waals surface area contributed by atoms with Gasteiger partial charge < -0.3 is 10.1 Å². The molecule has 0 spiro atoms. The monoisotopic (exact) mass is 456 g/mol. The molecular formula is C23H24N2O4S2. The first kappa shape index (κ1) is 21.5. The van der Waals surface area contributed by atoms with Gasteiger partial charge in [0, 0.05) is 0 Å². The van der Waals surface area contributed by atoms with Crippen LogP contribution in [0, 0.1) is 0 Å². The summed E-state index contributed by atoms with van der Waals surface area (Å²) in [5.74, 6) is 0. The van der Waals surface area contributed by atoms with Crippen molar-refractivity contribution < 1.29 is 17.9 Å². The van der Waals surface area contributed by atoms with Gasteiger partial charge in [0.2, 0.25) is 10.0 Å². The molecule has 0 bridgehead atoms. The van der Waals surface area contributed by atoms with Crippen molar-refractivity contribution in [2.75, 3.05) is 6.61 Å². The summed E-state index contributed by atoms with van der Waals surface area (Å²) in [6, 6.07) is 17.1. The van der Waals surface area contributed by atoms with Crippen LogP contribution in [-0.4, -0.2) is 32.4 Å². The highest BCUT2D eigenvalue weighted by Crippen LogP contribution is 2.28. The van der Waals surface area contributed by atoms with Gasteiger partial charge in [0.05, 0.1) is 17.3 Å². The van der Waals surface area contributed by atoms with Gasteiger partial charge >= 0.3 is 6.09 Å². The van der Waals surface area contributed by atoms with Crippen LogP contribution in [0.15, 0.2) is 65.4 Å². The quantitative estimate of drug-likeness (QED) is 0.570. The Morgan fingerprint density at radius 3 is 2.10 bits per heavy atom. The molecule has 2 aromatic carbocycles. The van der Waals surface area contributed by atoms with Crippen molar-refractivity contribution in [2.24, 2.45) is 0 Å². The van der Waals surface area contributed by atoms with E-state index in [0.717, 1.165) is 16.7 Å². The van der Waals surface area contributed by atoms with Crippen LogP contribution in [-0.2, 0) is 14.8 Å². The Hall–Kier alpha value is -2.68. The number of carbonyl (C=O) groups is 1. The first-order valence-corrected chi connectivity index (χ1v) is 12.5. The molecule has 0 aliphatic carbocycles. The number of carbonyl (C=O) groups excluding carboxylic acids is 1. The number of benzene rings is 2. The molecule has 1 aliphatic rings. The Bertz CT molecular complexity index is 1140. The summed E-state index contributed by atoms with van der Waals surface area (Å²) in [6.07, 6.45) is -0.557. The number of sulfonamides is 1. The third kappa shape index (κ3) is 4.81. The summed E-state index contributed by atoms with van der Waals surface area (Å²) >= 11 is 1.67. The van der Waals surface area contributed by atoms with E-state index in [1.54, 1.807) is 25.2 Å². The van der Waals surface area contributed by atoms with Crippen molar-refractivity contribution in [1.29, 1.82) is 0 Å². The molecule has 0 saturated carbocycles. The molecule has 162 valence electrons. The molecule has 31 heavy (non-hydrogen) atoms. The smallest absolute Gasteiger partial charge is 0.407 e. The Morgan fingerprint density at radius 1 is 0.968 bits per heavy atom. The van der Waals surface area contributed by atoms with Crippen molar-refractivity contribution in [3.63, 3.8) is 0 Å². The number of cyclic esters (lactones) is 1. The minimum atomic E-state index is -3.51. The highest BCUT2D eigenvalue weighted by molar-refractivity contribution is 7.90. The lowest BCUT2D eigenvalue weighted by molar-refractivity contribution is 0.0996. The summed E-state index contributed by atoms with van der Waals surface area (Å²) < 4.78 is 32.3. The van der Waals surface area contributed by atoms with Crippen LogP contribution >= 0.6 is 11.3 Å². The zero-order chi connectivity index (χ0) is 22.0. The standard InChI is InChI=1S/C23H24N2O4S2/c1-15(2)31(27,28)25-21-13-29-23(26)24-22(21)19-9-7-17(8-10-19)16-3-5-18(6-4-16)20-11-12-30-14-20/h3-12,14-15,21-22,25H,13H2,1-2H3,(H,24,26). The minimum absolute atomic E-state index is 0.0196. The Labute approximate surface area is 186 Å². The Morgan fingerprint density at radius 2 is 1.55 bits per heavy atom. The molecule has 3 aromatic rings. The van der Waals surface area contributed by atoms with Gasteiger partial charge in [0.1, 0.15) is 6.61 Å². The average Bonchev–Trinajstić information content (AvgIpc) is 3.30. The van der Waals surface area contributed by atoms with Crippen LogP contribution in [0.4, 0.5) is 4.79 Å². The molecule has 1 saturated heterocycles. The van der Waals surface area contributed by atoms with Crippen molar-refractivity contribution in [2.45, 2.75) is 31.2 Å². The van der Waals surface area contributed by atoms with Crippen molar-refractivity contribution in [3.8, 4) is 22.3 Å². The molecule has 2 atom stereocenters. The van der Waals surface area contributed by atoms with Gasteiger partial charge in [-0.3, -0.25) is 0 Å². The van der Waals surface area contributed by atoms with Gasteiger partial charge in [0.15, 0.2) is 0 Å². The molecule has 0 radical (unpaired) electrons. The fourth-order valence-corrected chi connectivity index (χ4v) is 5.03. The van der Waals surface area contributed by atoms with Gasteiger partial charge in [-0.2, -0.15) is 11.3 Å². The number of ether oxygens (including phenoxy) is 1. The van der Waals surface area contributed by atoms with Crippen molar-refractivity contribution in [1.82, 2.24) is 10.0 Å². The van der Waals surface area contributed by atoms with E-state index in [2.05, 4.69) is 51.1 Å². The Balaban J connectivity index is 1.54. The number of amides is 1. The molecule has 8 heteroatoms. The Kier molecular flexibility index (Phi) is 6.13. The molecule has 6 nitrogen and oxygen atoms in total. The lowest BCUT2D eigenvalue weighted by Crippen LogP contribution is -2.54. The predicted octanol–water partition coefficient (Wildman–Crippen LogP) is 4.56. The maximum absolute atomic E-state index is 12.3. The zero-order valence-corrected chi connectivity index (χ0v) is 18.9. The van der Waals surface area contributed by atoms with E-state index in [0.29, 0.717) is 0 Å². The zero-order valence-electron chi connectivity index (χ0n) is 17.2. The molecule has 2 heterocycles. The second-order valence-electron chi connectivity index (χ2n) is 7.75. The fourth-order valence-electron chi connectivity index (χ4n) is 3.46. The molecule has 1 fully saturated rings. The predicted molar refractivity (Wildman–Crippen MR) is 123 cm³/mol. The molecule has 4 rings (SSSR count). The van der Waals surface area contributed by atoms with E-state index < -0.39 is 33.5 Å². The summed E-state index contributed by atoms with van der Waals surface area (Å²) in [7, 11) is -3.51. The second-order valence-corrected chi connectivity index (χ2v) is 10.8. The molecular weight excluding hydrogens is 432 g/mol. The van der Waals surface area contributed by atoms with Crippen LogP contribution in [0.1, 0.15) is 25.5 Å². The number of hydrogen-bond acceptors (Lipinski definition) is 5. The molecule has 1 aromatic heterocycles. The van der Waals surface area contributed by atoms with Gasteiger partial charge in [-0.05, 0) is 58.5 Å². The number of nitrogens with one attached hydrogen (secondary N) is 2. The maximum atomic E-state index is 12.3. The minimum Gasteiger partial charge on any atom is -0.448 e. The van der Waals surface area contributed by atoms with Crippen molar-refractivity contribution >= 4 is 27.5 Å². The molecule has 1 aliphatic heterocycles. The van der Waals surface area contributed by atoms with Crippen molar-refractivity contribution in [3.05, 3.63) is 70.9 Å². The topological polar surface area (TPSA) is 84.5 Å². The van der Waals surface area contributed by atoms with Crippen LogP contribution in [0.5, 0.6) is 0 Å². The fraction of sp³-hybridized carbons (Fsp3) is 0.261. The number of rotatable bonds is 6. The van der Waals surface area contributed by atoms with Crippen LogP contribution < -0.4 is 10.0 Å². The van der Waals surface area contributed by atoms with E-state index >= 15 is 0 Å². The van der Waals surface area contributed by atoms with Crippen LogP contribution in [0.25, 0.3) is 22.3 Å². The molecule has 2 N–H and O–H groups in total. The lowest BCUT2D eigenvalue weighted by atomic mass is 9.96. The summed E-state index contributed by atoms with van der Waals surface area (Å²) in [6.45, 7) is 3.20. The summed E-state index contributed by atoms with van der Waals surface area (Å²) in [4.78, 5) is 11.8. The van der Waals surface area contributed by atoms with E-state index in [4.69, 9.17) is 4.74 Å². The van der Waals surface area contributed by atoms with Gasteiger partial charge in [-0.15, -0.1) is 0 Å². The van der Waals surface area contributed by atoms with Crippen LogP contribution in [0.2, 0.25) is 0 Å². The largest absolute Gasteiger partial charge is 0.448 e. The average molecular weight is 457 g/mol. The van der Waals surface area contributed by atoms with E-state index in [-0.39, 0.29) is 6.61 Å². The maximum Gasteiger partial charge on any atom is 0.407 e.